The molecule has 0 unspecified atom stereocenters. The lowest BCUT2D eigenvalue weighted by atomic mass is 10.3. The van der Waals surface area contributed by atoms with Crippen LogP contribution in [0.1, 0.15) is 24.7 Å². The molecule has 2 aromatic heterocycles. The number of pyridine rings is 1. The summed E-state index contributed by atoms with van der Waals surface area (Å²) in [7, 11) is 0. The van der Waals surface area contributed by atoms with Crippen molar-refractivity contribution in [2.24, 2.45) is 0 Å². The van der Waals surface area contributed by atoms with Gasteiger partial charge in [-0.05, 0) is 42.3 Å². The van der Waals surface area contributed by atoms with Gasteiger partial charge in [-0.15, -0.1) is 0 Å². The number of aryl methyl sites for hydroxylation is 1. The molecular formula is C13H17BrN4. The van der Waals surface area contributed by atoms with Crippen LogP contribution in [0.3, 0.4) is 0 Å². The van der Waals surface area contributed by atoms with Gasteiger partial charge in [0.15, 0.2) is 0 Å². The lowest BCUT2D eigenvalue weighted by Crippen LogP contribution is -2.04. The van der Waals surface area contributed by atoms with Gasteiger partial charge in [0, 0.05) is 6.54 Å². The number of hydrogen-bond acceptors (Lipinski definition) is 3. The second-order valence-electron chi connectivity index (χ2n) is 4.26. The Hall–Kier alpha value is -1.36. The summed E-state index contributed by atoms with van der Waals surface area (Å²) in [5.41, 5.74) is 4.07. The van der Waals surface area contributed by atoms with E-state index in [1.807, 2.05) is 30.9 Å². The molecule has 0 amide bonds. The number of anilines is 1. The first-order valence-electron chi connectivity index (χ1n) is 6.04. The molecule has 4 nitrogen and oxygen atoms in total. The monoisotopic (exact) mass is 308 g/mol. The molecule has 0 fully saturated rings. The summed E-state index contributed by atoms with van der Waals surface area (Å²) in [6.45, 7) is 7.12. The van der Waals surface area contributed by atoms with Crippen LogP contribution in [-0.4, -0.2) is 21.3 Å². The molecule has 0 atom stereocenters. The predicted molar refractivity (Wildman–Crippen MR) is 77.3 cm³/mol. The van der Waals surface area contributed by atoms with Crippen molar-refractivity contribution in [1.82, 2.24) is 14.8 Å². The van der Waals surface area contributed by atoms with E-state index in [2.05, 4.69) is 44.3 Å². The van der Waals surface area contributed by atoms with Crippen molar-refractivity contribution in [3.63, 3.8) is 0 Å². The van der Waals surface area contributed by atoms with Crippen molar-refractivity contribution in [3.05, 3.63) is 34.3 Å². The van der Waals surface area contributed by atoms with Crippen LogP contribution >= 0.6 is 15.9 Å². The van der Waals surface area contributed by atoms with Gasteiger partial charge < -0.3 is 5.32 Å². The average Bonchev–Trinajstić information content (AvgIpc) is 2.64. The zero-order valence-electron chi connectivity index (χ0n) is 10.9. The molecule has 0 aliphatic rings. The molecule has 96 valence electrons. The van der Waals surface area contributed by atoms with Gasteiger partial charge in [-0.25, -0.2) is 4.68 Å². The van der Waals surface area contributed by atoms with E-state index in [4.69, 9.17) is 0 Å². The van der Waals surface area contributed by atoms with E-state index in [0.717, 1.165) is 40.2 Å². The zero-order valence-corrected chi connectivity index (χ0v) is 12.5. The summed E-state index contributed by atoms with van der Waals surface area (Å²) >= 11 is 3.54. The van der Waals surface area contributed by atoms with E-state index in [9.17, 15) is 0 Å². The topological polar surface area (TPSA) is 42.7 Å². The number of nitrogens with zero attached hydrogens (tertiary/aromatic N) is 3. The zero-order chi connectivity index (χ0) is 13.1. The van der Waals surface area contributed by atoms with Gasteiger partial charge in [-0.2, -0.15) is 5.10 Å². The molecule has 0 aliphatic heterocycles. The third-order valence-corrected chi connectivity index (χ3v) is 3.90. The van der Waals surface area contributed by atoms with E-state index < -0.39 is 0 Å². The maximum absolute atomic E-state index is 4.50. The fourth-order valence-electron chi connectivity index (χ4n) is 1.78. The van der Waals surface area contributed by atoms with Gasteiger partial charge >= 0.3 is 0 Å². The van der Waals surface area contributed by atoms with E-state index in [-0.39, 0.29) is 0 Å². The predicted octanol–water partition coefficient (Wildman–Crippen LogP) is 3.47. The molecule has 0 saturated carbocycles. The van der Waals surface area contributed by atoms with Gasteiger partial charge in [0.25, 0.3) is 0 Å². The fraction of sp³-hybridized carbons (Fsp3) is 0.385. The number of aromatic nitrogens is 3. The summed E-state index contributed by atoms with van der Waals surface area (Å²) in [6, 6.07) is 2.06. The second kappa shape index (κ2) is 5.52. The highest BCUT2D eigenvalue weighted by Crippen LogP contribution is 2.23. The van der Waals surface area contributed by atoms with Crippen molar-refractivity contribution >= 4 is 21.6 Å². The molecule has 0 aromatic carbocycles. The van der Waals surface area contributed by atoms with E-state index in [1.165, 1.54) is 0 Å². The molecule has 18 heavy (non-hydrogen) atoms. The minimum absolute atomic E-state index is 0.950. The number of hydrogen-bond donors (Lipinski definition) is 1. The first-order valence-corrected chi connectivity index (χ1v) is 6.83. The van der Waals surface area contributed by atoms with Crippen molar-refractivity contribution in [2.75, 3.05) is 11.9 Å². The molecular weight excluding hydrogens is 292 g/mol. The Bertz CT molecular complexity index is 548. The summed E-state index contributed by atoms with van der Waals surface area (Å²) < 4.78 is 2.96. The van der Waals surface area contributed by atoms with Gasteiger partial charge in [-0.1, -0.05) is 6.92 Å². The van der Waals surface area contributed by atoms with Crippen molar-refractivity contribution in [1.29, 1.82) is 0 Å². The van der Waals surface area contributed by atoms with Gasteiger partial charge in [0.2, 0.25) is 0 Å². The Morgan fingerprint density at radius 2 is 2.11 bits per heavy atom. The number of rotatable bonds is 4. The molecule has 0 saturated heterocycles. The lowest BCUT2D eigenvalue weighted by Gasteiger charge is -2.08. The molecule has 0 bridgehead atoms. The highest BCUT2D eigenvalue weighted by molar-refractivity contribution is 9.10. The van der Waals surface area contributed by atoms with Gasteiger partial charge in [0.05, 0.1) is 39.6 Å². The Morgan fingerprint density at radius 3 is 2.72 bits per heavy atom. The molecule has 0 radical (unpaired) electrons. The second-order valence-corrected chi connectivity index (χ2v) is 5.05. The number of nitrogens with one attached hydrogen (secondary N) is 1. The summed E-state index contributed by atoms with van der Waals surface area (Å²) in [6.07, 6.45) is 4.75. The maximum atomic E-state index is 4.50. The maximum Gasteiger partial charge on any atom is 0.0852 e. The largest absolute Gasteiger partial charge is 0.384 e. The normalized spacial score (nSPS) is 10.7. The average molecular weight is 309 g/mol. The van der Waals surface area contributed by atoms with Crippen molar-refractivity contribution in [3.8, 4) is 5.69 Å². The third-order valence-electron chi connectivity index (χ3n) is 2.75. The summed E-state index contributed by atoms with van der Waals surface area (Å²) in [5.74, 6) is 0. The van der Waals surface area contributed by atoms with Crippen molar-refractivity contribution in [2.45, 2.75) is 27.2 Å². The smallest absolute Gasteiger partial charge is 0.0852 e. The fourth-order valence-corrected chi connectivity index (χ4v) is 2.03. The summed E-state index contributed by atoms with van der Waals surface area (Å²) in [5, 5.41) is 7.83. The Labute approximate surface area is 116 Å². The Morgan fingerprint density at radius 1 is 1.33 bits per heavy atom. The molecule has 0 aliphatic carbocycles. The number of halogens is 1. The third kappa shape index (κ3) is 2.56. The van der Waals surface area contributed by atoms with Crippen LogP contribution in [0, 0.1) is 13.8 Å². The minimum atomic E-state index is 0.950. The van der Waals surface area contributed by atoms with Gasteiger partial charge in [0.1, 0.15) is 0 Å². The van der Waals surface area contributed by atoms with Gasteiger partial charge in [-0.3, -0.25) is 4.98 Å². The van der Waals surface area contributed by atoms with E-state index in [0.29, 0.717) is 0 Å². The first-order chi connectivity index (χ1) is 8.63. The van der Waals surface area contributed by atoms with Crippen LogP contribution in [0.25, 0.3) is 5.69 Å². The highest BCUT2D eigenvalue weighted by Gasteiger charge is 2.10. The van der Waals surface area contributed by atoms with Crippen LogP contribution in [0.15, 0.2) is 22.9 Å². The Balaban J connectivity index is 2.35. The minimum Gasteiger partial charge on any atom is -0.384 e. The van der Waals surface area contributed by atoms with Crippen LogP contribution < -0.4 is 5.32 Å². The van der Waals surface area contributed by atoms with Crippen molar-refractivity contribution < 1.29 is 0 Å². The van der Waals surface area contributed by atoms with E-state index in [1.54, 1.807) is 0 Å². The van der Waals surface area contributed by atoms with E-state index >= 15 is 0 Å². The first kappa shape index (κ1) is 13.1. The highest BCUT2D eigenvalue weighted by atomic mass is 79.9. The molecule has 0 spiro atoms. The van der Waals surface area contributed by atoms with Crippen LogP contribution in [-0.2, 0) is 0 Å². The lowest BCUT2D eigenvalue weighted by molar-refractivity contribution is 0.828. The quantitative estimate of drug-likeness (QED) is 0.940. The molecule has 5 heteroatoms. The molecule has 1 N–H and O–H groups in total. The molecule has 2 rings (SSSR count). The summed E-state index contributed by atoms with van der Waals surface area (Å²) in [4.78, 5) is 4.26. The SMILES string of the molecule is CCCNc1cncc(-n2nc(C)c(Br)c2C)c1. The Kier molecular flexibility index (Phi) is 4.01. The van der Waals surface area contributed by atoms with Crippen LogP contribution in [0.2, 0.25) is 0 Å². The molecule has 2 aromatic rings. The standard InChI is InChI=1S/C13H17BrN4/c1-4-5-16-11-6-12(8-15-7-11)18-10(3)13(14)9(2)17-18/h6-8,16H,4-5H2,1-3H3. The van der Waals surface area contributed by atoms with Crippen LogP contribution in [0.4, 0.5) is 5.69 Å². The molecule has 2 heterocycles. The van der Waals surface area contributed by atoms with Crippen LogP contribution in [0.5, 0.6) is 0 Å².